The molecule has 1 heterocycles. The monoisotopic (exact) mass is 252 g/mol. The summed E-state index contributed by atoms with van der Waals surface area (Å²) in [5.74, 6) is 2.97. The third kappa shape index (κ3) is 3.25. The van der Waals surface area contributed by atoms with Crippen molar-refractivity contribution >= 4 is 23.4 Å². The summed E-state index contributed by atoms with van der Waals surface area (Å²) in [6, 6.07) is 1.80. The van der Waals surface area contributed by atoms with Crippen LogP contribution in [0, 0.1) is 11.8 Å². The molecule has 0 aliphatic heterocycles. The smallest absolute Gasteiger partial charge is 0.191 e. The van der Waals surface area contributed by atoms with Crippen molar-refractivity contribution in [3.63, 3.8) is 0 Å². The summed E-state index contributed by atoms with van der Waals surface area (Å²) in [4.78, 5) is 8.54. The Labute approximate surface area is 107 Å². The van der Waals surface area contributed by atoms with Crippen LogP contribution in [0.1, 0.15) is 26.2 Å². The molecule has 1 saturated carbocycles. The van der Waals surface area contributed by atoms with Crippen LogP contribution in [0.4, 0.5) is 11.6 Å². The first-order valence-electron chi connectivity index (χ1n) is 6.11. The fourth-order valence-corrected chi connectivity index (χ4v) is 2.77. The lowest BCUT2D eigenvalue weighted by molar-refractivity contribution is 0.439. The van der Waals surface area contributed by atoms with E-state index in [-0.39, 0.29) is 0 Å². The molecule has 0 aromatic carbocycles. The second-order valence-electron chi connectivity index (χ2n) is 4.71. The molecule has 0 bridgehead atoms. The molecule has 0 amide bonds. The second-order valence-corrected chi connectivity index (χ2v) is 5.49. The molecule has 5 heteroatoms. The predicted octanol–water partition coefficient (Wildman–Crippen LogP) is 2.63. The Morgan fingerprint density at radius 2 is 2.29 bits per heavy atom. The number of aromatic nitrogens is 2. The van der Waals surface area contributed by atoms with Crippen LogP contribution in [-0.2, 0) is 0 Å². The fraction of sp³-hybridized carbons (Fsp3) is 0.667. The molecular weight excluding hydrogens is 232 g/mol. The van der Waals surface area contributed by atoms with E-state index < -0.39 is 0 Å². The number of nitrogen functional groups attached to an aromatic ring is 1. The number of nitrogens with one attached hydrogen (secondary N) is 1. The van der Waals surface area contributed by atoms with Gasteiger partial charge in [0.25, 0.3) is 0 Å². The number of nitrogens with two attached hydrogens (primary N) is 1. The van der Waals surface area contributed by atoms with Crippen LogP contribution in [0.3, 0.4) is 0 Å². The highest BCUT2D eigenvalue weighted by Crippen LogP contribution is 2.31. The van der Waals surface area contributed by atoms with Crippen LogP contribution in [0.5, 0.6) is 0 Å². The Morgan fingerprint density at radius 3 is 2.94 bits per heavy atom. The second kappa shape index (κ2) is 5.58. The SMILES string of the molecule is CSc1nc(N)cc(NCC2CCCC2C)n1. The van der Waals surface area contributed by atoms with E-state index in [4.69, 9.17) is 5.73 Å². The first-order valence-corrected chi connectivity index (χ1v) is 7.34. The van der Waals surface area contributed by atoms with Gasteiger partial charge in [-0.15, -0.1) is 0 Å². The number of rotatable bonds is 4. The predicted molar refractivity (Wildman–Crippen MR) is 73.2 cm³/mol. The quantitative estimate of drug-likeness (QED) is 0.637. The lowest BCUT2D eigenvalue weighted by Crippen LogP contribution is -2.17. The van der Waals surface area contributed by atoms with E-state index in [0.717, 1.165) is 29.4 Å². The highest BCUT2D eigenvalue weighted by Gasteiger charge is 2.22. The molecule has 0 saturated heterocycles. The minimum Gasteiger partial charge on any atom is -0.383 e. The van der Waals surface area contributed by atoms with Gasteiger partial charge in [0.05, 0.1) is 0 Å². The summed E-state index contributed by atoms with van der Waals surface area (Å²) in [7, 11) is 0. The van der Waals surface area contributed by atoms with Gasteiger partial charge in [-0.1, -0.05) is 31.5 Å². The maximum absolute atomic E-state index is 5.74. The van der Waals surface area contributed by atoms with Crippen molar-refractivity contribution in [1.29, 1.82) is 0 Å². The van der Waals surface area contributed by atoms with Crippen molar-refractivity contribution in [3.8, 4) is 0 Å². The van der Waals surface area contributed by atoms with Crippen LogP contribution < -0.4 is 11.1 Å². The van der Waals surface area contributed by atoms with Crippen molar-refractivity contribution in [1.82, 2.24) is 9.97 Å². The van der Waals surface area contributed by atoms with Crippen LogP contribution in [0.15, 0.2) is 11.2 Å². The van der Waals surface area contributed by atoms with Gasteiger partial charge in [-0.3, -0.25) is 0 Å². The van der Waals surface area contributed by atoms with E-state index in [1.165, 1.54) is 31.0 Å². The molecule has 0 spiro atoms. The molecule has 4 nitrogen and oxygen atoms in total. The van der Waals surface area contributed by atoms with Gasteiger partial charge >= 0.3 is 0 Å². The zero-order valence-corrected chi connectivity index (χ0v) is 11.3. The molecule has 17 heavy (non-hydrogen) atoms. The van der Waals surface area contributed by atoms with E-state index in [1.807, 2.05) is 6.26 Å². The first kappa shape index (κ1) is 12.5. The maximum Gasteiger partial charge on any atom is 0.191 e. The average molecular weight is 252 g/mol. The third-order valence-electron chi connectivity index (χ3n) is 3.49. The highest BCUT2D eigenvalue weighted by molar-refractivity contribution is 7.98. The normalized spacial score (nSPS) is 23.9. The topological polar surface area (TPSA) is 63.8 Å². The van der Waals surface area contributed by atoms with Crippen LogP contribution in [-0.4, -0.2) is 22.8 Å². The Bertz CT molecular complexity index is 383. The standard InChI is InChI=1S/C12H20N4S/c1-8-4-3-5-9(8)7-14-11-6-10(13)15-12(16-11)17-2/h6,8-9H,3-5,7H2,1-2H3,(H3,13,14,15,16). The number of nitrogens with zero attached hydrogens (tertiary/aromatic N) is 2. The Morgan fingerprint density at radius 1 is 1.47 bits per heavy atom. The summed E-state index contributed by atoms with van der Waals surface area (Å²) < 4.78 is 0. The zero-order valence-electron chi connectivity index (χ0n) is 10.4. The van der Waals surface area contributed by atoms with Crippen LogP contribution in [0.2, 0.25) is 0 Å². The van der Waals surface area contributed by atoms with Gasteiger partial charge in [-0.25, -0.2) is 9.97 Å². The number of hydrogen-bond donors (Lipinski definition) is 2. The zero-order chi connectivity index (χ0) is 12.3. The molecule has 2 atom stereocenters. The molecule has 1 aliphatic carbocycles. The van der Waals surface area contributed by atoms with E-state index >= 15 is 0 Å². The minimum absolute atomic E-state index is 0.534. The number of anilines is 2. The van der Waals surface area contributed by atoms with Crippen molar-refractivity contribution in [3.05, 3.63) is 6.07 Å². The fourth-order valence-electron chi connectivity index (χ4n) is 2.39. The number of thioether (sulfide) groups is 1. The summed E-state index contributed by atoms with van der Waals surface area (Å²) >= 11 is 1.51. The first-order chi connectivity index (χ1) is 8.19. The van der Waals surface area contributed by atoms with Crippen molar-refractivity contribution in [2.24, 2.45) is 11.8 Å². The maximum atomic E-state index is 5.74. The van der Waals surface area contributed by atoms with Crippen LogP contribution in [0.25, 0.3) is 0 Å². The molecular formula is C12H20N4S. The third-order valence-corrected chi connectivity index (χ3v) is 4.04. The lowest BCUT2D eigenvalue weighted by Gasteiger charge is -2.16. The highest BCUT2D eigenvalue weighted by atomic mass is 32.2. The summed E-state index contributed by atoms with van der Waals surface area (Å²) in [5, 5.41) is 4.12. The van der Waals surface area contributed by atoms with Gasteiger partial charge in [-0.2, -0.15) is 0 Å². The molecule has 1 aromatic heterocycles. The summed E-state index contributed by atoms with van der Waals surface area (Å²) in [5.41, 5.74) is 5.74. The molecule has 1 aliphatic rings. The van der Waals surface area contributed by atoms with E-state index in [9.17, 15) is 0 Å². The van der Waals surface area contributed by atoms with Gasteiger partial charge in [0.2, 0.25) is 0 Å². The van der Waals surface area contributed by atoms with E-state index in [1.54, 1.807) is 6.07 Å². The molecule has 3 N–H and O–H groups in total. The van der Waals surface area contributed by atoms with Crippen molar-refractivity contribution in [2.75, 3.05) is 23.9 Å². The molecule has 1 aromatic rings. The molecule has 2 unspecified atom stereocenters. The molecule has 94 valence electrons. The lowest BCUT2D eigenvalue weighted by atomic mass is 9.98. The van der Waals surface area contributed by atoms with Crippen molar-refractivity contribution < 1.29 is 0 Å². The van der Waals surface area contributed by atoms with Crippen LogP contribution >= 0.6 is 11.8 Å². The molecule has 0 radical (unpaired) electrons. The number of hydrogen-bond acceptors (Lipinski definition) is 5. The minimum atomic E-state index is 0.534. The molecule has 2 rings (SSSR count). The largest absolute Gasteiger partial charge is 0.383 e. The van der Waals surface area contributed by atoms with Gasteiger partial charge in [0.15, 0.2) is 5.16 Å². The summed E-state index contributed by atoms with van der Waals surface area (Å²) in [6.45, 7) is 3.33. The van der Waals surface area contributed by atoms with Gasteiger partial charge in [0, 0.05) is 12.6 Å². The Hall–Kier alpha value is -0.970. The Balaban J connectivity index is 1.96. The average Bonchev–Trinajstić information content (AvgIpc) is 2.71. The van der Waals surface area contributed by atoms with E-state index in [2.05, 4.69) is 22.2 Å². The van der Waals surface area contributed by atoms with Crippen molar-refractivity contribution in [2.45, 2.75) is 31.3 Å². The van der Waals surface area contributed by atoms with Gasteiger partial charge in [0.1, 0.15) is 11.6 Å². The summed E-state index contributed by atoms with van der Waals surface area (Å²) in [6.07, 6.45) is 5.99. The molecule has 1 fully saturated rings. The van der Waals surface area contributed by atoms with Gasteiger partial charge < -0.3 is 11.1 Å². The van der Waals surface area contributed by atoms with Gasteiger partial charge in [-0.05, 0) is 24.5 Å². The van der Waals surface area contributed by atoms with E-state index in [0.29, 0.717) is 5.82 Å². The Kier molecular flexibility index (Phi) is 4.10.